The highest BCUT2D eigenvalue weighted by Crippen LogP contribution is 2.28. The molecule has 0 spiro atoms. The lowest BCUT2D eigenvalue weighted by Crippen LogP contribution is -2.33. The largest absolute Gasteiger partial charge is 0.467 e. The summed E-state index contributed by atoms with van der Waals surface area (Å²) in [6.07, 6.45) is 1.07. The number of carbonyl (C=O) groups excluding carboxylic acids is 1. The van der Waals surface area contributed by atoms with Gasteiger partial charge in [0.25, 0.3) is 5.91 Å². The molecule has 0 aliphatic rings. The molecule has 2 atom stereocenters. The Hall–Kier alpha value is -2.24. The highest BCUT2D eigenvalue weighted by atomic mass is 35.5. The molecule has 24 heavy (non-hydrogen) atoms. The highest BCUT2D eigenvalue weighted by molar-refractivity contribution is 6.31. The number of amides is 1. The van der Waals surface area contributed by atoms with Gasteiger partial charge >= 0.3 is 0 Å². The molecular weight excluding hydrogens is 330 g/mol. The summed E-state index contributed by atoms with van der Waals surface area (Å²) in [5.41, 5.74) is 1.36. The molecule has 5 nitrogen and oxygen atoms in total. The highest BCUT2D eigenvalue weighted by Gasteiger charge is 2.21. The molecule has 0 saturated carbocycles. The molecule has 0 aliphatic carbocycles. The summed E-state index contributed by atoms with van der Waals surface area (Å²) in [6.45, 7) is 3.64. The molecule has 3 rings (SSSR count). The Morgan fingerprint density at radius 1 is 1.38 bits per heavy atom. The zero-order valence-corrected chi connectivity index (χ0v) is 14.1. The van der Waals surface area contributed by atoms with E-state index in [1.807, 2.05) is 13.8 Å². The van der Waals surface area contributed by atoms with Crippen molar-refractivity contribution in [2.45, 2.75) is 32.4 Å². The van der Waals surface area contributed by atoms with Crippen molar-refractivity contribution in [3.63, 3.8) is 0 Å². The van der Waals surface area contributed by atoms with E-state index in [-0.39, 0.29) is 17.7 Å². The van der Waals surface area contributed by atoms with Gasteiger partial charge in [-0.1, -0.05) is 11.6 Å². The van der Waals surface area contributed by atoms with Gasteiger partial charge in [0.2, 0.25) is 0 Å². The van der Waals surface area contributed by atoms with Gasteiger partial charge in [0, 0.05) is 28.4 Å². The van der Waals surface area contributed by atoms with Crippen LogP contribution in [0.3, 0.4) is 0 Å². The molecule has 2 heterocycles. The molecule has 2 aromatic heterocycles. The third kappa shape index (κ3) is 3.32. The molecule has 0 fully saturated rings. The van der Waals surface area contributed by atoms with Crippen molar-refractivity contribution in [3.8, 4) is 0 Å². The second-order valence-electron chi connectivity index (χ2n) is 5.84. The number of hydrogen-bond acceptors (Lipinski definition) is 4. The van der Waals surface area contributed by atoms with Crippen LogP contribution in [0.5, 0.6) is 0 Å². The third-order valence-electron chi connectivity index (χ3n) is 3.93. The first-order chi connectivity index (χ1) is 11.5. The molecular formula is C18H18ClNO4. The Bertz CT molecular complexity index is 853. The minimum Gasteiger partial charge on any atom is -0.467 e. The monoisotopic (exact) mass is 347 g/mol. The van der Waals surface area contributed by atoms with E-state index in [1.165, 1.54) is 6.26 Å². The molecule has 6 heteroatoms. The average Bonchev–Trinajstić information content (AvgIpc) is 3.16. The summed E-state index contributed by atoms with van der Waals surface area (Å²) in [4.78, 5) is 12.5. The number of furan rings is 2. The maximum atomic E-state index is 12.5. The molecule has 0 bridgehead atoms. The predicted octanol–water partition coefficient (Wildman–Crippen LogP) is 4.23. The van der Waals surface area contributed by atoms with Crippen LogP contribution >= 0.6 is 11.6 Å². The van der Waals surface area contributed by atoms with Crippen molar-refractivity contribution in [2.75, 3.05) is 0 Å². The van der Waals surface area contributed by atoms with Crippen molar-refractivity contribution in [2.24, 2.45) is 0 Å². The minimum atomic E-state index is -0.772. The Morgan fingerprint density at radius 2 is 2.17 bits per heavy atom. The van der Waals surface area contributed by atoms with Gasteiger partial charge in [-0.25, -0.2) is 0 Å². The van der Waals surface area contributed by atoms with Gasteiger partial charge < -0.3 is 19.3 Å². The Labute approximate surface area is 144 Å². The maximum absolute atomic E-state index is 12.5. The molecule has 1 aromatic carbocycles. The second kappa shape index (κ2) is 6.71. The van der Waals surface area contributed by atoms with Gasteiger partial charge in [0.15, 0.2) is 5.76 Å². The number of aliphatic hydroxyl groups excluding tert-OH is 1. The van der Waals surface area contributed by atoms with E-state index in [1.54, 1.807) is 30.3 Å². The zero-order valence-electron chi connectivity index (χ0n) is 13.4. The van der Waals surface area contributed by atoms with Crippen LogP contribution in [0, 0.1) is 6.92 Å². The number of benzene rings is 1. The average molecular weight is 348 g/mol. The van der Waals surface area contributed by atoms with E-state index in [2.05, 4.69) is 5.32 Å². The molecule has 2 N–H and O–H groups in total. The molecule has 2 unspecified atom stereocenters. The SMILES string of the molecule is Cc1c(C(=O)NC(C)CC(O)c2ccco2)oc2ccc(Cl)cc12. The van der Waals surface area contributed by atoms with Crippen molar-refractivity contribution >= 4 is 28.5 Å². The van der Waals surface area contributed by atoms with Crippen LogP contribution in [0.1, 0.15) is 41.3 Å². The number of halogens is 1. The number of fused-ring (bicyclic) bond motifs is 1. The molecule has 126 valence electrons. The Kier molecular flexibility index (Phi) is 4.64. The van der Waals surface area contributed by atoms with Gasteiger partial charge in [-0.05, 0) is 44.2 Å². The minimum absolute atomic E-state index is 0.256. The smallest absolute Gasteiger partial charge is 0.287 e. The number of carbonyl (C=O) groups is 1. The lowest BCUT2D eigenvalue weighted by atomic mass is 10.1. The van der Waals surface area contributed by atoms with Gasteiger partial charge in [0.05, 0.1) is 6.26 Å². The summed E-state index contributed by atoms with van der Waals surface area (Å²) in [5, 5.41) is 14.3. The standard InChI is InChI=1S/C18H18ClNO4/c1-10(8-14(21)16-4-3-7-23-16)20-18(22)17-11(2)13-9-12(19)5-6-15(13)24-17/h3-7,9-10,14,21H,8H2,1-2H3,(H,20,22). The van der Waals surface area contributed by atoms with Gasteiger partial charge in [-0.2, -0.15) is 0 Å². The van der Waals surface area contributed by atoms with Crippen LogP contribution in [0.25, 0.3) is 11.0 Å². The molecule has 1 amide bonds. The third-order valence-corrected chi connectivity index (χ3v) is 4.17. The van der Waals surface area contributed by atoms with Crippen molar-refractivity contribution in [3.05, 3.63) is 58.7 Å². The first kappa shape index (κ1) is 16.6. The number of hydrogen-bond donors (Lipinski definition) is 2. The fraction of sp³-hybridized carbons (Fsp3) is 0.278. The molecule has 0 radical (unpaired) electrons. The van der Waals surface area contributed by atoms with Crippen LogP contribution in [0.15, 0.2) is 45.4 Å². The number of aryl methyl sites for hydroxylation is 1. The summed E-state index contributed by atoms with van der Waals surface area (Å²) >= 11 is 5.99. The zero-order chi connectivity index (χ0) is 17.3. The van der Waals surface area contributed by atoms with E-state index in [4.69, 9.17) is 20.4 Å². The lowest BCUT2D eigenvalue weighted by molar-refractivity contribution is 0.0877. The van der Waals surface area contributed by atoms with Crippen molar-refractivity contribution < 1.29 is 18.7 Å². The molecule has 3 aromatic rings. The van der Waals surface area contributed by atoms with E-state index < -0.39 is 6.10 Å². The molecule has 0 saturated heterocycles. The summed E-state index contributed by atoms with van der Waals surface area (Å²) in [7, 11) is 0. The van der Waals surface area contributed by atoms with Crippen LogP contribution in [-0.4, -0.2) is 17.1 Å². The van der Waals surface area contributed by atoms with E-state index >= 15 is 0 Å². The van der Waals surface area contributed by atoms with Crippen LogP contribution < -0.4 is 5.32 Å². The second-order valence-corrected chi connectivity index (χ2v) is 6.27. The summed E-state index contributed by atoms with van der Waals surface area (Å²) in [6, 6.07) is 8.39. The first-order valence-electron chi connectivity index (χ1n) is 7.66. The van der Waals surface area contributed by atoms with E-state index in [9.17, 15) is 9.90 Å². The number of aliphatic hydroxyl groups is 1. The topological polar surface area (TPSA) is 75.6 Å². The van der Waals surface area contributed by atoms with Gasteiger partial charge in [-0.3, -0.25) is 4.79 Å². The fourth-order valence-electron chi connectivity index (χ4n) is 2.69. The first-order valence-corrected chi connectivity index (χ1v) is 8.04. The van der Waals surface area contributed by atoms with Crippen LogP contribution in [0.2, 0.25) is 5.02 Å². The Morgan fingerprint density at radius 3 is 2.88 bits per heavy atom. The maximum Gasteiger partial charge on any atom is 0.287 e. The van der Waals surface area contributed by atoms with Crippen molar-refractivity contribution in [1.82, 2.24) is 5.32 Å². The summed E-state index contributed by atoms with van der Waals surface area (Å²) < 4.78 is 10.8. The number of rotatable bonds is 5. The van der Waals surface area contributed by atoms with Gasteiger partial charge in [-0.15, -0.1) is 0 Å². The van der Waals surface area contributed by atoms with Crippen LogP contribution in [0.4, 0.5) is 0 Å². The number of nitrogens with one attached hydrogen (secondary N) is 1. The lowest BCUT2D eigenvalue weighted by Gasteiger charge is -2.16. The van der Waals surface area contributed by atoms with Crippen LogP contribution in [-0.2, 0) is 0 Å². The van der Waals surface area contributed by atoms with Crippen molar-refractivity contribution in [1.29, 1.82) is 0 Å². The Balaban J connectivity index is 1.71. The van der Waals surface area contributed by atoms with Gasteiger partial charge in [0.1, 0.15) is 17.4 Å². The van der Waals surface area contributed by atoms with E-state index in [0.717, 1.165) is 10.9 Å². The summed E-state index contributed by atoms with van der Waals surface area (Å²) in [5.74, 6) is 0.413. The predicted molar refractivity (Wildman–Crippen MR) is 91.2 cm³/mol. The quantitative estimate of drug-likeness (QED) is 0.724. The molecule has 0 aliphatic heterocycles. The van der Waals surface area contributed by atoms with E-state index in [0.29, 0.717) is 22.8 Å². The fourth-order valence-corrected chi connectivity index (χ4v) is 2.86. The normalized spacial score (nSPS) is 13.8.